The molecule has 14 heavy (non-hydrogen) atoms. The Labute approximate surface area is 80.8 Å². The fraction of sp³-hybridized carbons (Fsp3) is 0.111. The number of phenolic OH excluding ortho intramolecular Hbond substituents is 1. The molecule has 1 heterocycles. The molecule has 0 saturated heterocycles. The molecule has 5 heteroatoms. The number of anilines is 1. The predicted octanol–water partition coefficient (Wildman–Crippen LogP) is 0.770. The van der Waals surface area contributed by atoms with E-state index >= 15 is 0 Å². The monoisotopic (exact) mass is 190 g/mol. The van der Waals surface area contributed by atoms with E-state index in [9.17, 15) is 5.11 Å². The van der Waals surface area contributed by atoms with Crippen molar-refractivity contribution in [2.75, 3.05) is 5.73 Å². The number of nitrogens with two attached hydrogens (primary N) is 1. The van der Waals surface area contributed by atoms with Gasteiger partial charge >= 0.3 is 0 Å². The first-order valence-corrected chi connectivity index (χ1v) is 4.11. The number of benzene rings is 1. The SMILES string of the molecule is Cn1cnnc1-c1ccc(N)cc1O. The molecular weight excluding hydrogens is 180 g/mol. The maximum Gasteiger partial charge on any atom is 0.167 e. The summed E-state index contributed by atoms with van der Waals surface area (Å²) in [4.78, 5) is 0. The summed E-state index contributed by atoms with van der Waals surface area (Å²) in [5.41, 5.74) is 6.66. The summed E-state index contributed by atoms with van der Waals surface area (Å²) in [6.07, 6.45) is 1.57. The van der Waals surface area contributed by atoms with E-state index in [4.69, 9.17) is 5.73 Å². The molecule has 5 nitrogen and oxygen atoms in total. The van der Waals surface area contributed by atoms with Gasteiger partial charge in [0.1, 0.15) is 12.1 Å². The Bertz CT molecular complexity index is 464. The third kappa shape index (κ3) is 1.28. The highest BCUT2D eigenvalue weighted by atomic mass is 16.3. The highest BCUT2D eigenvalue weighted by Gasteiger charge is 2.09. The lowest BCUT2D eigenvalue weighted by Crippen LogP contribution is -1.92. The van der Waals surface area contributed by atoms with Crippen molar-refractivity contribution >= 4 is 5.69 Å². The van der Waals surface area contributed by atoms with Crippen molar-refractivity contribution in [2.24, 2.45) is 7.05 Å². The van der Waals surface area contributed by atoms with Crippen molar-refractivity contribution in [3.05, 3.63) is 24.5 Å². The zero-order valence-corrected chi connectivity index (χ0v) is 7.68. The van der Waals surface area contributed by atoms with Crippen molar-refractivity contribution in [3.8, 4) is 17.1 Å². The van der Waals surface area contributed by atoms with E-state index in [0.29, 0.717) is 17.1 Å². The van der Waals surface area contributed by atoms with Gasteiger partial charge in [-0.15, -0.1) is 10.2 Å². The number of aromatic hydroxyl groups is 1. The first-order valence-electron chi connectivity index (χ1n) is 4.11. The van der Waals surface area contributed by atoms with Gasteiger partial charge in [0.05, 0.1) is 5.56 Å². The Hall–Kier alpha value is -2.04. The van der Waals surface area contributed by atoms with Crippen LogP contribution in [-0.4, -0.2) is 19.9 Å². The zero-order valence-electron chi connectivity index (χ0n) is 7.68. The Morgan fingerprint density at radius 3 is 2.79 bits per heavy atom. The van der Waals surface area contributed by atoms with Crippen molar-refractivity contribution in [2.45, 2.75) is 0 Å². The smallest absolute Gasteiger partial charge is 0.167 e. The average Bonchev–Trinajstić information content (AvgIpc) is 2.52. The molecule has 0 fully saturated rings. The summed E-state index contributed by atoms with van der Waals surface area (Å²) in [6.45, 7) is 0. The second-order valence-corrected chi connectivity index (χ2v) is 3.04. The molecule has 0 aliphatic rings. The van der Waals surface area contributed by atoms with Crippen LogP contribution in [0.5, 0.6) is 5.75 Å². The van der Waals surface area contributed by atoms with Crippen LogP contribution in [0.3, 0.4) is 0 Å². The van der Waals surface area contributed by atoms with E-state index in [-0.39, 0.29) is 5.75 Å². The number of aryl methyl sites for hydroxylation is 1. The summed E-state index contributed by atoms with van der Waals surface area (Å²) in [6, 6.07) is 4.92. The van der Waals surface area contributed by atoms with Gasteiger partial charge in [-0.05, 0) is 12.1 Å². The van der Waals surface area contributed by atoms with Crippen LogP contribution >= 0.6 is 0 Å². The maximum absolute atomic E-state index is 9.63. The molecule has 0 amide bonds. The minimum atomic E-state index is 0.112. The fourth-order valence-corrected chi connectivity index (χ4v) is 1.26. The number of aromatic nitrogens is 3. The van der Waals surface area contributed by atoms with Crippen molar-refractivity contribution in [1.29, 1.82) is 0 Å². The first-order chi connectivity index (χ1) is 6.68. The molecule has 0 radical (unpaired) electrons. The van der Waals surface area contributed by atoms with Gasteiger partial charge in [0.25, 0.3) is 0 Å². The molecule has 2 aromatic rings. The van der Waals surface area contributed by atoms with Gasteiger partial charge in [0, 0.05) is 18.8 Å². The summed E-state index contributed by atoms with van der Waals surface area (Å²) in [5, 5.41) is 17.2. The lowest BCUT2D eigenvalue weighted by Gasteiger charge is -2.03. The van der Waals surface area contributed by atoms with Crippen LogP contribution in [0.25, 0.3) is 11.4 Å². The zero-order chi connectivity index (χ0) is 10.1. The van der Waals surface area contributed by atoms with E-state index in [1.54, 1.807) is 23.0 Å². The van der Waals surface area contributed by atoms with Crippen LogP contribution in [0.15, 0.2) is 24.5 Å². The average molecular weight is 190 g/mol. The van der Waals surface area contributed by atoms with Crippen LogP contribution < -0.4 is 5.73 Å². The summed E-state index contributed by atoms with van der Waals surface area (Å²) in [5.74, 6) is 0.726. The Balaban J connectivity index is 2.58. The van der Waals surface area contributed by atoms with Crippen molar-refractivity contribution in [1.82, 2.24) is 14.8 Å². The van der Waals surface area contributed by atoms with Crippen molar-refractivity contribution in [3.63, 3.8) is 0 Å². The quantitative estimate of drug-likeness (QED) is 0.651. The van der Waals surface area contributed by atoms with Crippen LogP contribution in [0.1, 0.15) is 0 Å². The number of nitrogens with zero attached hydrogens (tertiary/aromatic N) is 3. The number of rotatable bonds is 1. The number of hydrogen-bond acceptors (Lipinski definition) is 4. The van der Waals surface area contributed by atoms with Gasteiger partial charge < -0.3 is 15.4 Å². The number of phenols is 1. The fourth-order valence-electron chi connectivity index (χ4n) is 1.26. The molecule has 0 bridgehead atoms. The highest BCUT2D eigenvalue weighted by Crippen LogP contribution is 2.28. The van der Waals surface area contributed by atoms with E-state index in [0.717, 1.165) is 0 Å². The highest BCUT2D eigenvalue weighted by molar-refractivity contribution is 5.67. The minimum absolute atomic E-state index is 0.112. The molecule has 1 aromatic heterocycles. The first kappa shape index (κ1) is 8.55. The van der Waals surface area contributed by atoms with Crippen molar-refractivity contribution < 1.29 is 5.11 Å². The predicted molar refractivity (Wildman–Crippen MR) is 52.5 cm³/mol. The van der Waals surface area contributed by atoms with Gasteiger partial charge in [-0.2, -0.15) is 0 Å². The van der Waals surface area contributed by atoms with Gasteiger partial charge in [-0.25, -0.2) is 0 Å². The molecule has 0 unspecified atom stereocenters. The molecule has 0 saturated carbocycles. The van der Waals surface area contributed by atoms with Crippen LogP contribution in [0, 0.1) is 0 Å². The van der Waals surface area contributed by atoms with Gasteiger partial charge in [-0.3, -0.25) is 0 Å². The lowest BCUT2D eigenvalue weighted by molar-refractivity contribution is 0.477. The summed E-state index contributed by atoms with van der Waals surface area (Å²) < 4.78 is 1.73. The molecule has 1 aromatic carbocycles. The van der Waals surface area contributed by atoms with Gasteiger partial charge in [0.2, 0.25) is 0 Å². The Morgan fingerprint density at radius 1 is 1.43 bits per heavy atom. The van der Waals surface area contributed by atoms with Gasteiger partial charge in [0.15, 0.2) is 5.82 Å². The van der Waals surface area contributed by atoms with E-state index in [2.05, 4.69) is 10.2 Å². The summed E-state index contributed by atoms with van der Waals surface area (Å²) in [7, 11) is 1.81. The Morgan fingerprint density at radius 2 is 2.21 bits per heavy atom. The third-order valence-electron chi connectivity index (χ3n) is 1.97. The number of hydrogen-bond donors (Lipinski definition) is 2. The van der Waals surface area contributed by atoms with Crippen LogP contribution in [-0.2, 0) is 7.05 Å². The largest absolute Gasteiger partial charge is 0.507 e. The third-order valence-corrected chi connectivity index (χ3v) is 1.97. The Kier molecular flexibility index (Phi) is 1.85. The molecule has 0 aliphatic heterocycles. The molecule has 0 spiro atoms. The molecule has 2 rings (SSSR count). The summed E-state index contributed by atoms with van der Waals surface area (Å²) >= 11 is 0. The lowest BCUT2D eigenvalue weighted by atomic mass is 10.1. The topological polar surface area (TPSA) is 77.0 Å². The second kappa shape index (κ2) is 3.02. The van der Waals surface area contributed by atoms with E-state index < -0.39 is 0 Å². The molecule has 0 aliphatic carbocycles. The molecular formula is C9H10N4O. The maximum atomic E-state index is 9.63. The van der Waals surface area contributed by atoms with Crippen LogP contribution in [0.2, 0.25) is 0 Å². The number of nitrogen functional groups attached to an aromatic ring is 1. The molecule has 72 valence electrons. The van der Waals surface area contributed by atoms with Crippen LogP contribution in [0.4, 0.5) is 5.69 Å². The van der Waals surface area contributed by atoms with E-state index in [1.165, 1.54) is 6.07 Å². The minimum Gasteiger partial charge on any atom is -0.507 e. The standard InChI is InChI=1S/C9H10N4O/c1-13-5-11-12-9(13)7-3-2-6(10)4-8(7)14/h2-5,14H,10H2,1H3. The second-order valence-electron chi connectivity index (χ2n) is 3.04. The molecule has 0 atom stereocenters. The normalized spacial score (nSPS) is 10.4. The van der Waals surface area contributed by atoms with Gasteiger partial charge in [-0.1, -0.05) is 0 Å². The van der Waals surface area contributed by atoms with E-state index in [1.807, 2.05) is 7.05 Å². The molecule has 3 N–H and O–H groups in total.